The number of hydrogen-bond donors (Lipinski definition) is 0. The zero-order valence-corrected chi connectivity index (χ0v) is 13.3. The lowest BCUT2D eigenvalue weighted by Gasteiger charge is -2.39. The molecule has 0 amide bonds. The van der Waals surface area contributed by atoms with E-state index in [1.165, 1.54) is 25.8 Å². The van der Waals surface area contributed by atoms with E-state index < -0.39 is 0 Å². The predicted molar refractivity (Wildman–Crippen MR) is 88.1 cm³/mol. The number of imidazole rings is 1. The highest BCUT2D eigenvalue weighted by Gasteiger charge is 2.27. The normalized spacial score (nSPS) is 20.7. The highest BCUT2D eigenvalue weighted by atomic mass is 16.5. The van der Waals surface area contributed by atoms with Crippen LogP contribution in [0.5, 0.6) is 5.75 Å². The predicted octanol–water partition coefficient (Wildman–Crippen LogP) is 3.38. The molecule has 1 aromatic heterocycles. The summed E-state index contributed by atoms with van der Waals surface area (Å²) in [5.41, 5.74) is 0. The first-order valence-electron chi connectivity index (χ1n) is 8.24. The maximum Gasteiger partial charge on any atom is 0.119 e. The molecule has 1 fully saturated rings. The van der Waals surface area contributed by atoms with Crippen molar-refractivity contribution in [2.45, 2.75) is 38.3 Å². The Balaban J connectivity index is 1.56. The summed E-state index contributed by atoms with van der Waals surface area (Å²) in [6.07, 6.45) is 9.72. The minimum absolute atomic E-state index is 0.458. The second-order valence-electron chi connectivity index (χ2n) is 6.01. The average molecular weight is 299 g/mol. The lowest BCUT2D eigenvalue weighted by molar-refractivity contribution is 0.0914. The van der Waals surface area contributed by atoms with E-state index in [9.17, 15) is 0 Å². The molecule has 2 aromatic rings. The molecule has 1 aliphatic rings. The number of benzene rings is 1. The van der Waals surface area contributed by atoms with E-state index in [-0.39, 0.29) is 0 Å². The van der Waals surface area contributed by atoms with Crippen LogP contribution in [-0.4, -0.2) is 40.2 Å². The molecule has 2 unspecified atom stereocenters. The maximum atomic E-state index is 5.87. The van der Waals surface area contributed by atoms with Crippen LogP contribution in [0.2, 0.25) is 0 Å². The molecule has 3 rings (SSSR count). The summed E-state index contributed by atoms with van der Waals surface area (Å²) in [5.74, 6) is 0.957. The fraction of sp³-hybridized carbons (Fsp3) is 0.500. The molecule has 118 valence electrons. The SMILES string of the molecule is CC(C1CCCCN1CCOc1ccccc1)n1ccnc1. The van der Waals surface area contributed by atoms with Gasteiger partial charge in [0.2, 0.25) is 0 Å². The summed E-state index contributed by atoms with van der Waals surface area (Å²) in [6.45, 7) is 5.19. The van der Waals surface area contributed by atoms with Crippen LogP contribution in [0.4, 0.5) is 0 Å². The molecular formula is C18H25N3O. The van der Waals surface area contributed by atoms with Crippen molar-refractivity contribution >= 4 is 0 Å². The third-order valence-electron chi connectivity index (χ3n) is 4.61. The quantitative estimate of drug-likeness (QED) is 0.819. The molecule has 0 N–H and O–H groups in total. The van der Waals surface area contributed by atoms with E-state index in [1.54, 1.807) is 0 Å². The lowest BCUT2D eigenvalue weighted by atomic mass is 9.96. The highest BCUT2D eigenvalue weighted by molar-refractivity contribution is 5.20. The second-order valence-corrected chi connectivity index (χ2v) is 6.01. The van der Waals surface area contributed by atoms with Gasteiger partial charge in [-0.3, -0.25) is 4.90 Å². The zero-order chi connectivity index (χ0) is 15.2. The fourth-order valence-corrected chi connectivity index (χ4v) is 3.35. The second kappa shape index (κ2) is 7.45. The molecule has 1 aromatic carbocycles. The van der Waals surface area contributed by atoms with Crippen LogP contribution < -0.4 is 4.74 Å². The van der Waals surface area contributed by atoms with Gasteiger partial charge in [-0.25, -0.2) is 4.98 Å². The van der Waals surface area contributed by atoms with Crippen molar-refractivity contribution < 1.29 is 4.74 Å². The van der Waals surface area contributed by atoms with Gasteiger partial charge in [-0.15, -0.1) is 0 Å². The number of ether oxygens (including phenoxy) is 1. The van der Waals surface area contributed by atoms with E-state index in [1.807, 2.05) is 42.9 Å². The van der Waals surface area contributed by atoms with Crippen molar-refractivity contribution in [3.8, 4) is 5.75 Å². The first-order valence-corrected chi connectivity index (χ1v) is 8.24. The summed E-state index contributed by atoms with van der Waals surface area (Å²) in [4.78, 5) is 6.77. The van der Waals surface area contributed by atoms with Crippen LogP contribution in [-0.2, 0) is 0 Å². The summed E-state index contributed by atoms with van der Waals surface area (Å²) < 4.78 is 8.09. The zero-order valence-electron chi connectivity index (χ0n) is 13.3. The average Bonchev–Trinajstić information content (AvgIpc) is 3.10. The van der Waals surface area contributed by atoms with Crippen molar-refractivity contribution in [2.75, 3.05) is 19.7 Å². The Hall–Kier alpha value is -1.81. The molecule has 22 heavy (non-hydrogen) atoms. The molecule has 0 spiro atoms. The Morgan fingerprint density at radius 1 is 1.27 bits per heavy atom. The Morgan fingerprint density at radius 2 is 2.14 bits per heavy atom. The molecule has 1 saturated heterocycles. The van der Waals surface area contributed by atoms with Crippen molar-refractivity contribution in [3.63, 3.8) is 0 Å². The number of rotatable bonds is 6. The van der Waals surface area contributed by atoms with Crippen molar-refractivity contribution in [1.82, 2.24) is 14.5 Å². The van der Waals surface area contributed by atoms with Gasteiger partial charge in [0.25, 0.3) is 0 Å². The molecule has 0 radical (unpaired) electrons. The largest absolute Gasteiger partial charge is 0.492 e. The van der Waals surface area contributed by atoms with E-state index in [0.29, 0.717) is 12.1 Å². The Kier molecular flexibility index (Phi) is 5.11. The van der Waals surface area contributed by atoms with Gasteiger partial charge in [0.15, 0.2) is 0 Å². The molecule has 4 heteroatoms. The third-order valence-corrected chi connectivity index (χ3v) is 4.61. The molecule has 2 heterocycles. The topological polar surface area (TPSA) is 30.3 Å². The van der Waals surface area contributed by atoms with Gasteiger partial charge in [-0.1, -0.05) is 24.6 Å². The number of piperidine rings is 1. The third kappa shape index (κ3) is 3.69. The van der Waals surface area contributed by atoms with Crippen LogP contribution in [0.3, 0.4) is 0 Å². The van der Waals surface area contributed by atoms with Crippen LogP contribution in [0.15, 0.2) is 49.1 Å². The molecule has 0 bridgehead atoms. The van der Waals surface area contributed by atoms with Crippen molar-refractivity contribution in [2.24, 2.45) is 0 Å². The van der Waals surface area contributed by atoms with Crippen LogP contribution in [0.25, 0.3) is 0 Å². The summed E-state index contributed by atoms with van der Waals surface area (Å²) in [5, 5.41) is 0. The van der Waals surface area contributed by atoms with Gasteiger partial charge in [0.05, 0.1) is 6.33 Å². The van der Waals surface area contributed by atoms with Gasteiger partial charge >= 0.3 is 0 Å². The number of aromatic nitrogens is 2. The monoisotopic (exact) mass is 299 g/mol. The van der Waals surface area contributed by atoms with Gasteiger partial charge in [-0.05, 0) is 38.4 Å². The number of likely N-dealkylation sites (tertiary alicyclic amines) is 1. The minimum Gasteiger partial charge on any atom is -0.492 e. The smallest absolute Gasteiger partial charge is 0.119 e. The van der Waals surface area contributed by atoms with Gasteiger partial charge in [-0.2, -0.15) is 0 Å². The summed E-state index contributed by atoms with van der Waals surface area (Å²) in [7, 11) is 0. The van der Waals surface area contributed by atoms with Crippen LogP contribution >= 0.6 is 0 Å². The maximum absolute atomic E-state index is 5.87. The first kappa shape index (κ1) is 15.1. The standard InChI is InChI=1S/C18H25N3O/c1-16(21-12-10-19-15-21)18-9-5-6-11-20(18)13-14-22-17-7-3-2-4-8-17/h2-4,7-8,10,12,15-16,18H,5-6,9,11,13-14H2,1H3. The molecule has 2 atom stereocenters. The molecular weight excluding hydrogens is 274 g/mol. The summed E-state index contributed by atoms with van der Waals surface area (Å²) in [6, 6.07) is 11.1. The van der Waals surface area contributed by atoms with E-state index in [0.717, 1.165) is 18.9 Å². The molecule has 4 nitrogen and oxygen atoms in total. The Bertz CT molecular complexity index is 541. The Labute approximate surface area is 132 Å². The summed E-state index contributed by atoms with van der Waals surface area (Å²) >= 11 is 0. The number of hydrogen-bond acceptors (Lipinski definition) is 3. The van der Waals surface area contributed by atoms with Gasteiger partial charge in [0, 0.05) is 31.0 Å². The minimum atomic E-state index is 0.458. The van der Waals surface area contributed by atoms with Gasteiger partial charge < -0.3 is 9.30 Å². The van der Waals surface area contributed by atoms with Crippen LogP contribution in [0.1, 0.15) is 32.2 Å². The molecule has 0 saturated carbocycles. The first-order chi connectivity index (χ1) is 10.8. The van der Waals surface area contributed by atoms with Crippen molar-refractivity contribution in [1.29, 1.82) is 0 Å². The molecule has 0 aliphatic carbocycles. The van der Waals surface area contributed by atoms with E-state index in [2.05, 4.69) is 27.6 Å². The van der Waals surface area contributed by atoms with Gasteiger partial charge in [0.1, 0.15) is 12.4 Å². The fourth-order valence-electron chi connectivity index (χ4n) is 3.35. The lowest BCUT2D eigenvalue weighted by Crippen LogP contribution is -2.45. The number of nitrogens with zero attached hydrogens (tertiary/aromatic N) is 3. The van der Waals surface area contributed by atoms with E-state index in [4.69, 9.17) is 4.74 Å². The highest BCUT2D eigenvalue weighted by Crippen LogP contribution is 2.26. The molecule has 1 aliphatic heterocycles. The number of para-hydroxylation sites is 1. The van der Waals surface area contributed by atoms with Crippen LogP contribution in [0, 0.1) is 0 Å². The Morgan fingerprint density at radius 3 is 2.91 bits per heavy atom. The van der Waals surface area contributed by atoms with E-state index >= 15 is 0 Å². The van der Waals surface area contributed by atoms with Crippen molar-refractivity contribution in [3.05, 3.63) is 49.1 Å².